The number of carbonyl (C=O) groups is 1. The smallest absolute Gasteiger partial charge is 0.352 e. The molecule has 116 valence electrons. The highest BCUT2D eigenvalue weighted by atomic mass is 19.4. The highest BCUT2D eigenvalue weighted by molar-refractivity contribution is 5.78. The second kappa shape index (κ2) is 6.76. The number of nitrogens with zero attached hydrogens (tertiary/aromatic N) is 1. The fourth-order valence-corrected chi connectivity index (χ4v) is 2.91. The standard InChI is InChI=1S/C13H22F3N3O/c14-13(15,16)10-1-3-11(4-2-10)18-12(20)9-19-7-5-17-6-8-19/h10-11,17H,1-9H2,(H,18,20). The quantitative estimate of drug-likeness (QED) is 0.820. The zero-order valence-electron chi connectivity index (χ0n) is 11.5. The normalized spacial score (nSPS) is 29.1. The number of amides is 1. The number of alkyl halides is 3. The summed E-state index contributed by atoms with van der Waals surface area (Å²) in [7, 11) is 0. The number of nitrogens with one attached hydrogen (secondary N) is 2. The van der Waals surface area contributed by atoms with Gasteiger partial charge in [-0.1, -0.05) is 0 Å². The molecule has 2 fully saturated rings. The molecule has 1 aliphatic carbocycles. The summed E-state index contributed by atoms with van der Waals surface area (Å²) in [6, 6.07) is -0.0935. The van der Waals surface area contributed by atoms with E-state index in [4.69, 9.17) is 0 Å². The van der Waals surface area contributed by atoms with Crippen LogP contribution in [0.15, 0.2) is 0 Å². The molecular weight excluding hydrogens is 271 g/mol. The van der Waals surface area contributed by atoms with Crippen molar-refractivity contribution in [3.63, 3.8) is 0 Å². The van der Waals surface area contributed by atoms with Crippen molar-refractivity contribution in [3.05, 3.63) is 0 Å². The largest absolute Gasteiger partial charge is 0.391 e. The summed E-state index contributed by atoms with van der Waals surface area (Å²) in [6.07, 6.45) is -2.98. The number of hydrogen-bond donors (Lipinski definition) is 2. The van der Waals surface area contributed by atoms with E-state index < -0.39 is 12.1 Å². The van der Waals surface area contributed by atoms with Crippen LogP contribution in [0.1, 0.15) is 25.7 Å². The van der Waals surface area contributed by atoms with Crippen molar-refractivity contribution in [2.75, 3.05) is 32.7 Å². The molecule has 1 saturated heterocycles. The number of rotatable bonds is 3. The lowest BCUT2D eigenvalue weighted by Gasteiger charge is -2.31. The first-order valence-electron chi connectivity index (χ1n) is 7.24. The van der Waals surface area contributed by atoms with Gasteiger partial charge in [0.05, 0.1) is 12.5 Å². The van der Waals surface area contributed by atoms with Gasteiger partial charge in [-0.05, 0) is 25.7 Å². The Labute approximate surface area is 117 Å². The SMILES string of the molecule is O=C(CN1CCNCC1)NC1CCC(C(F)(F)F)CC1. The zero-order chi connectivity index (χ0) is 14.6. The summed E-state index contributed by atoms with van der Waals surface area (Å²) in [5.74, 6) is -1.26. The molecule has 2 N–H and O–H groups in total. The van der Waals surface area contributed by atoms with Gasteiger partial charge in [-0.15, -0.1) is 0 Å². The van der Waals surface area contributed by atoms with E-state index in [1.165, 1.54) is 0 Å². The molecule has 20 heavy (non-hydrogen) atoms. The molecule has 1 heterocycles. The first kappa shape index (κ1) is 15.6. The second-order valence-electron chi connectivity index (χ2n) is 5.68. The monoisotopic (exact) mass is 293 g/mol. The molecule has 0 bridgehead atoms. The topological polar surface area (TPSA) is 44.4 Å². The van der Waals surface area contributed by atoms with Crippen LogP contribution in [0.3, 0.4) is 0 Å². The van der Waals surface area contributed by atoms with Gasteiger partial charge in [0.1, 0.15) is 0 Å². The molecule has 2 rings (SSSR count). The van der Waals surface area contributed by atoms with Gasteiger partial charge in [-0.3, -0.25) is 9.69 Å². The van der Waals surface area contributed by atoms with Crippen LogP contribution in [-0.4, -0.2) is 55.7 Å². The maximum Gasteiger partial charge on any atom is 0.391 e. The molecule has 1 aliphatic heterocycles. The molecule has 0 aromatic carbocycles. The minimum Gasteiger partial charge on any atom is -0.352 e. The van der Waals surface area contributed by atoms with E-state index in [0.29, 0.717) is 19.4 Å². The summed E-state index contributed by atoms with van der Waals surface area (Å²) in [5, 5.41) is 6.08. The van der Waals surface area contributed by atoms with Gasteiger partial charge in [0.2, 0.25) is 5.91 Å². The predicted molar refractivity (Wildman–Crippen MR) is 69.3 cm³/mol. The third-order valence-electron chi connectivity index (χ3n) is 4.13. The number of halogens is 3. The fraction of sp³-hybridized carbons (Fsp3) is 0.923. The third kappa shape index (κ3) is 4.63. The van der Waals surface area contributed by atoms with Crippen LogP contribution in [0.5, 0.6) is 0 Å². The van der Waals surface area contributed by atoms with E-state index in [1.807, 2.05) is 0 Å². The molecule has 0 radical (unpaired) electrons. The van der Waals surface area contributed by atoms with Gasteiger partial charge >= 0.3 is 6.18 Å². The summed E-state index contributed by atoms with van der Waals surface area (Å²) in [5.41, 5.74) is 0. The minimum atomic E-state index is -4.09. The Kier molecular flexibility index (Phi) is 5.26. The van der Waals surface area contributed by atoms with Crippen molar-refractivity contribution in [2.45, 2.75) is 37.9 Å². The van der Waals surface area contributed by atoms with Crippen molar-refractivity contribution in [1.29, 1.82) is 0 Å². The predicted octanol–water partition coefficient (Wildman–Crippen LogP) is 1.13. The molecule has 0 unspecified atom stereocenters. The fourth-order valence-electron chi connectivity index (χ4n) is 2.91. The lowest BCUT2D eigenvalue weighted by Crippen LogP contribution is -2.49. The highest BCUT2D eigenvalue weighted by Gasteiger charge is 2.41. The number of hydrogen-bond acceptors (Lipinski definition) is 3. The van der Waals surface area contributed by atoms with Crippen LogP contribution < -0.4 is 10.6 Å². The maximum absolute atomic E-state index is 12.5. The summed E-state index contributed by atoms with van der Waals surface area (Å²) >= 11 is 0. The van der Waals surface area contributed by atoms with Gasteiger partial charge in [0.15, 0.2) is 0 Å². The van der Waals surface area contributed by atoms with Crippen molar-refractivity contribution in [3.8, 4) is 0 Å². The second-order valence-corrected chi connectivity index (χ2v) is 5.68. The van der Waals surface area contributed by atoms with Crippen LogP contribution in [0, 0.1) is 5.92 Å². The first-order valence-corrected chi connectivity index (χ1v) is 7.24. The van der Waals surface area contributed by atoms with Crippen LogP contribution in [0.2, 0.25) is 0 Å². The molecule has 0 spiro atoms. The lowest BCUT2D eigenvalue weighted by atomic mass is 9.85. The van der Waals surface area contributed by atoms with Crippen LogP contribution in [0.4, 0.5) is 13.2 Å². The van der Waals surface area contributed by atoms with Gasteiger partial charge < -0.3 is 10.6 Å². The zero-order valence-corrected chi connectivity index (χ0v) is 11.5. The molecule has 2 aliphatic rings. The van der Waals surface area contributed by atoms with Gasteiger partial charge in [0.25, 0.3) is 0 Å². The molecule has 7 heteroatoms. The van der Waals surface area contributed by atoms with E-state index >= 15 is 0 Å². The van der Waals surface area contributed by atoms with Crippen molar-refractivity contribution in [2.24, 2.45) is 5.92 Å². The van der Waals surface area contributed by atoms with Crippen LogP contribution in [0.25, 0.3) is 0 Å². The lowest BCUT2D eigenvalue weighted by molar-refractivity contribution is -0.182. The Morgan fingerprint density at radius 2 is 1.75 bits per heavy atom. The van der Waals surface area contributed by atoms with Gasteiger partial charge in [-0.25, -0.2) is 0 Å². The molecule has 0 aromatic rings. The molecule has 1 saturated carbocycles. The Morgan fingerprint density at radius 1 is 1.15 bits per heavy atom. The van der Waals surface area contributed by atoms with Crippen LogP contribution >= 0.6 is 0 Å². The molecule has 0 atom stereocenters. The van der Waals surface area contributed by atoms with Gasteiger partial charge in [-0.2, -0.15) is 13.2 Å². The Morgan fingerprint density at radius 3 is 2.30 bits per heavy atom. The van der Waals surface area contributed by atoms with Crippen molar-refractivity contribution in [1.82, 2.24) is 15.5 Å². The summed E-state index contributed by atoms with van der Waals surface area (Å²) < 4.78 is 37.6. The number of piperazine rings is 1. The van der Waals surface area contributed by atoms with E-state index in [2.05, 4.69) is 15.5 Å². The molecule has 0 aromatic heterocycles. The van der Waals surface area contributed by atoms with Crippen LogP contribution in [-0.2, 0) is 4.79 Å². The van der Waals surface area contributed by atoms with E-state index in [9.17, 15) is 18.0 Å². The third-order valence-corrected chi connectivity index (χ3v) is 4.13. The average molecular weight is 293 g/mol. The highest BCUT2D eigenvalue weighted by Crippen LogP contribution is 2.37. The maximum atomic E-state index is 12.5. The first-order chi connectivity index (χ1) is 9.45. The van der Waals surface area contributed by atoms with Gasteiger partial charge in [0, 0.05) is 32.2 Å². The van der Waals surface area contributed by atoms with E-state index in [-0.39, 0.29) is 24.8 Å². The van der Waals surface area contributed by atoms with Crippen molar-refractivity contribution < 1.29 is 18.0 Å². The summed E-state index contributed by atoms with van der Waals surface area (Å²) in [4.78, 5) is 13.9. The average Bonchev–Trinajstić information content (AvgIpc) is 2.39. The molecule has 4 nitrogen and oxygen atoms in total. The van der Waals surface area contributed by atoms with E-state index in [0.717, 1.165) is 26.2 Å². The molecule has 1 amide bonds. The van der Waals surface area contributed by atoms with E-state index in [1.54, 1.807) is 0 Å². The Bertz CT molecular complexity index is 321. The van der Waals surface area contributed by atoms with Crippen molar-refractivity contribution >= 4 is 5.91 Å². The Hall–Kier alpha value is -0.820. The molecular formula is C13H22F3N3O. The minimum absolute atomic E-state index is 0.0673. The Balaban J connectivity index is 1.68. The summed E-state index contributed by atoms with van der Waals surface area (Å²) in [6.45, 7) is 3.79. The number of carbonyl (C=O) groups excluding carboxylic acids is 1.